The molecule has 2 N–H and O–H groups in total. The van der Waals surface area contributed by atoms with E-state index < -0.39 is 0 Å². The fraction of sp³-hybridized carbons (Fsp3) is 0.538. The second-order valence-electron chi connectivity index (χ2n) is 4.30. The van der Waals surface area contributed by atoms with Crippen molar-refractivity contribution in [2.45, 2.75) is 33.2 Å². The molecule has 0 unspecified atom stereocenters. The van der Waals surface area contributed by atoms with Crippen LogP contribution >= 0.6 is 0 Å². The lowest BCUT2D eigenvalue weighted by molar-refractivity contribution is 0.629. The summed E-state index contributed by atoms with van der Waals surface area (Å²) in [6.07, 6.45) is 0. The molecule has 1 rings (SSSR count). The van der Waals surface area contributed by atoms with Crippen LogP contribution in [0.4, 0.5) is 0 Å². The molecule has 0 fully saturated rings. The Labute approximate surface area is 93.1 Å². The summed E-state index contributed by atoms with van der Waals surface area (Å²) in [6.45, 7) is 8.42. The highest BCUT2D eigenvalue weighted by molar-refractivity contribution is 5.32. The van der Waals surface area contributed by atoms with Crippen LogP contribution in [0.25, 0.3) is 0 Å². The van der Waals surface area contributed by atoms with E-state index in [2.05, 4.69) is 49.6 Å². The standard InChI is InChI=1S/C13H22N2/c1-10(2)12-6-5-11(3)13(7-12)8-15-9-14-4/h5-7,10,14-15H,8-9H2,1-4H3. The minimum atomic E-state index is 0.605. The quantitative estimate of drug-likeness (QED) is 0.571. The number of rotatable bonds is 5. The van der Waals surface area contributed by atoms with Gasteiger partial charge in [0.1, 0.15) is 0 Å². The van der Waals surface area contributed by atoms with Crippen LogP contribution in [0.1, 0.15) is 36.5 Å². The van der Waals surface area contributed by atoms with Gasteiger partial charge in [-0.2, -0.15) is 0 Å². The predicted molar refractivity (Wildman–Crippen MR) is 66.0 cm³/mol. The Morgan fingerprint density at radius 1 is 1.27 bits per heavy atom. The lowest BCUT2D eigenvalue weighted by Gasteiger charge is -2.12. The van der Waals surface area contributed by atoms with E-state index in [0.717, 1.165) is 13.2 Å². The molecule has 0 heterocycles. The highest BCUT2D eigenvalue weighted by Gasteiger charge is 2.03. The summed E-state index contributed by atoms with van der Waals surface area (Å²) in [7, 11) is 1.95. The molecule has 2 heteroatoms. The predicted octanol–water partition coefficient (Wildman–Crippen LogP) is 2.38. The number of nitrogens with one attached hydrogen (secondary N) is 2. The third kappa shape index (κ3) is 3.65. The largest absolute Gasteiger partial charge is 0.308 e. The average Bonchev–Trinajstić information content (AvgIpc) is 2.20. The smallest absolute Gasteiger partial charge is 0.0454 e. The van der Waals surface area contributed by atoms with Gasteiger partial charge in [0.25, 0.3) is 0 Å². The molecule has 0 radical (unpaired) electrons. The molecule has 1 aromatic rings. The molecule has 2 nitrogen and oxygen atoms in total. The van der Waals surface area contributed by atoms with Crippen LogP contribution in [-0.4, -0.2) is 13.7 Å². The van der Waals surface area contributed by atoms with Gasteiger partial charge in [0, 0.05) is 13.2 Å². The molecule has 0 aromatic heterocycles. The Bertz CT molecular complexity index is 305. The van der Waals surface area contributed by atoms with Crippen molar-refractivity contribution in [3.05, 3.63) is 34.9 Å². The average molecular weight is 206 g/mol. The van der Waals surface area contributed by atoms with E-state index >= 15 is 0 Å². The van der Waals surface area contributed by atoms with E-state index in [0.29, 0.717) is 5.92 Å². The number of hydrogen-bond acceptors (Lipinski definition) is 2. The number of benzene rings is 1. The molecule has 0 aliphatic heterocycles. The zero-order valence-electron chi connectivity index (χ0n) is 10.2. The zero-order valence-corrected chi connectivity index (χ0v) is 10.2. The van der Waals surface area contributed by atoms with Crippen molar-refractivity contribution in [2.24, 2.45) is 0 Å². The minimum absolute atomic E-state index is 0.605. The van der Waals surface area contributed by atoms with Gasteiger partial charge in [0.15, 0.2) is 0 Å². The van der Waals surface area contributed by atoms with Gasteiger partial charge in [-0.3, -0.25) is 0 Å². The molecule has 0 atom stereocenters. The van der Waals surface area contributed by atoms with Crippen LogP contribution in [0.3, 0.4) is 0 Å². The third-order valence-electron chi connectivity index (χ3n) is 2.66. The summed E-state index contributed by atoms with van der Waals surface area (Å²) in [5, 5.41) is 6.43. The van der Waals surface area contributed by atoms with Crippen molar-refractivity contribution in [1.82, 2.24) is 10.6 Å². The molecule has 15 heavy (non-hydrogen) atoms. The Kier molecular flexibility index (Phi) is 4.79. The second-order valence-corrected chi connectivity index (χ2v) is 4.30. The number of hydrogen-bond donors (Lipinski definition) is 2. The van der Waals surface area contributed by atoms with Gasteiger partial charge in [0.05, 0.1) is 0 Å². The van der Waals surface area contributed by atoms with Gasteiger partial charge in [-0.25, -0.2) is 0 Å². The molecule has 0 bridgehead atoms. The maximum atomic E-state index is 3.35. The Balaban J connectivity index is 2.72. The first-order valence-electron chi connectivity index (χ1n) is 5.60. The van der Waals surface area contributed by atoms with Crippen molar-refractivity contribution in [2.75, 3.05) is 13.7 Å². The lowest BCUT2D eigenvalue weighted by atomic mass is 9.98. The third-order valence-corrected chi connectivity index (χ3v) is 2.66. The lowest BCUT2D eigenvalue weighted by Crippen LogP contribution is -2.25. The van der Waals surface area contributed by atoms with Crippen LogP contribution in [0, 0.1) is 6.92 Å². The first kappa shape index (κ1) is 12.2. The van der Waals surface area contributed by atoms with Crippen molar-refractivity contribution in [1.29, 1.82) is 0 Å². The van der Waals surface area contributed by atoms with Gasteiger partial charge in [-0.1, -0.05) is 32.0 Å². The number of aryl methyl sites for hydroxylation is 1. The second kappa shape index (κ2) is 5.89. The summed E-state index contributed by atoms with van der Waals surface area (Å²) in [5.41, 5.74) is 4.18. The van der Waals surface area contributed by atoms with E-state index in [1.165, 1.54) is 16.7 Å². The molecule has 0 saturated heterocycles. The molecule has 0 saturated carbocycles. The minimum Gasteiger partial charge on any atom is -0.308 e. The molecule has 0 spiro atoms. The van der Waals surface area contributed by atoms with Gasteiger partial charge in [-0.15, -0.1) is 0 Å². The maximum Gasteiger partial charge on any atom is 0.0454 e. The highest BCUT2D eigenvalue weighted by Crippen LogP contribution is 2.18. The highest BCUT2D eigenvalue weighted by atomic mass is 15.0. The van der Waals surface area contributed by atoms with E-state index in [1.807, 2.05) is 7.05 Å². The van der Waals surface area contributed by atoms with Gasteiger partial charge in [-0.05, 0) is 36.6 Å². The van der Waals surface area contributed by atoms with E-state index in [9.17, 15) is 0 Å². The summed E-state index contributed by atoms with van der Waals surface area (Å²) in [5.74, 6) is 0.605. The first-order valence-corrected chi connectivity index (χ1v) is 5.60. The summed E-state index contributed by atoms with van der Waals surface area (Å²) >= 11 is 0. The maximum absolute atomic E-state index is 3.35. The van der Waals surface area contributed by atoms with Crippen molar-refractivity contribution >= 4 is 0 Å². The molecular formula is C13H22N2. The van der Waals surface area contributed by atoms with Gasteiger partial charge >= 0.3 is 0 Å². The zero-order chi connectivity index (χ0) is 11.3. The molecule has 0 aliphatic rings. The molecule has 84 valence electrons. The normalized spacial score (nSPS) is 11.0. The summed E-state index contributed by atoms with van der Waals surface area (Å²) in [6, 6.07) is 6.75. The van der Waals surface area contributed by atoms with Crippen molar-refractivity contribution in [3.8, 4) is 0 Å². The van der Waals surface area contributed by atoms with E-state index in [-0.39, 0.29) is 0 Å². The van der Waals surface area contributed by atoms with Crippen LogP contribution in [0.15, 0.2) is 18.2 Å². The Morgan fingerprint density at radius 2 is 2.00 bits per heavy atom. The fourth-order valence-corrected chi connectivity index (χ4v) is 1.56. The Morgan fingerprint density at radius 3 is 2.60 bits per heavy atom. The van der Waals surface area contributed by atoms with Crippen LogP contribution < -0.4 is 10.6 Å². The monoisotopic (exact) mass is 206 g/mol. The van der Waals surface area contributed by atoms with Crippen molar-refractivity contribution < 1.29 is 0 Å². The topological polar surface area (TPSA) is 24.1 Å². The molecule has 0 aliphatic carbocycles. The SMILES string of the molecule is CNCNCc1cc(C(C)C)ccc1C. The fourth-order valence-electron chi connectivity index (χ4n) is 1.56. The molecule has 1 aromatic carbocycles. The first-order chi connectivity index (χ1) is 7.15. The van der Waals surface area contributed by atoms with Crippen LogP contribution in [0.5, 0.6) is 0 Å². The van der Waals surface area contributed by atoms with Gasteiger partial charge in [0.2, 0.25) is 0 Å². The van der Waals surface area contributed by atoms with Gasteiger partial charge < -0.3 is 10.6 Å². The summed E-state index contributed by atoms with van der Waals surface area (Å²) in [4.78, 5) is 0. The van der Waals surface area contributed by atoms with Crippen molar-refractivity contribution in [3.63, 3.8) is 0 Å². The Hall–Kier alpha value is -0.860. The molecule has 0 amide bonds. The summed E-state index contributed by atoms with van der Waals surface area (Å²) < 4.78 is 0. The van der Waals surface area contributed by atoms with E-state index in [4.69, 9.17) is 0 Å². The van der Waals surface area contributed by atoms with Crippen LogP contribution in [0.2, 0.25) is 0 Å². The van der Waals surface area contributed by atoms with E-state index in [1.54, 1.807) is 0 Å². The van der Waals surface area contributed by atoms with Crippen LogP contribution in [-0.2, 0) is 6.54 Å². The molecular weight excluding hydrogens is 184 g/mol.